The SMILES string of the molecule is CC(C)C[C@@H](C(=O)NC12CC3CC(CC(C3)C1)C2)N([C@@H](CCCCN)C(=O)O)S(N)(=O)=O. The van der Waals surface area contributed by atoms with Crippen LogP contribution in [0.4, 0.5) is 0 Å². The van der Waals surface area contributed by atoms with E-state index in [1.807, 2.05) is 13.8 Å². The second-order valence-corrected chi connectivity index (χ2v) is 12.3. The maximum Gasteiger partial charge on any atom is 0.322 e. The molecule has 4 aliphatic rings. The molecule has 0 aromatic carbocycles. The number of rotatable bonds is 12. The highest BCUT2D eigenvalue weighted by atomic mass is 32.2. The van der Waals surface area contributed by atoms with Crippen molar-refractivity contribution in [3.63, 3.8) is 0 Å². The van der Waals surface area contributed by atoms with Crippen molar-refractivity contribution in [3.8, 4) is 0 Å². The molecule has 4 saturated carbocycles. The summed E-state index contributed by atoms with van der Waals surface area (Å²) in [4.78, 5) is 25.7. The molecular weight excluding hydrogens is 432 g/mol. The van der Waals surface area contributed by atoms with Crippen LogP contribution in [0.5, 0.6) is 0 Å². The van der Waals surface area contributed by atoms with Crippen LogP contribution in [0.3, 0.4) is 0 Å². The largest absolute Gasteiger partial charge is 0.480 e. The third kappa shape index (κ3) is 5.81. The highest BCUT2D eigenvalue weighted by Gasteiger charge is 2.53. The summed E-state index contributed by atoms with van der Waals surface area (Å²) in [6, 6.07) is -2.56. The van der Waals surface area contributed by atoms with Gasteiger partial charge in [-0.25, -0.2) is 5.14 Å². The number of nitrogens with zero attached hydrogens (tertiary/aromatic N) is 1. The standard InChI is InChI=1S/C22H40N4O5S/c1-14(2)7-19(26(32(24,30)31)18(21(28)29)5-3-4-6-23)20(27)25-22-11-15-8-16(12-22)10-17(9-15)13-22/h14-19H,3-13,23H2,1-2H3,(H,25,27)(H,28,29)(H2,24,30,31)/t15?,16?,17?,18-,19-,22?/m0/s1. The predicted octanol–water partition coefficient (Wildman–Crippen LogP) is 1.57. The zero-order valence-corrected chi connectivity index (χ0v) is 20.1. The number of nitrogens with one attached hydrogen (secondary N) is 1. The molecule has 9 nitrogen and oxygen atoms in total. The first-order valence-corrected chi connectivity index (χ1v) is 13.5. The van der Waals surface area contributed by atoms with Gasteiger partial charge in [0.2, 0.25) is 5.91 Å². The number of carboxylic acids is 1. The molecule has 0 spiro atoms. The molecule has 0 unspecified atom stereocenters. The van der Waals surface area contributed by atoms with Crippen molar-refractivity contribution in [1.29, 1.82) is 0 Å². The molecule has 0 radical (unpaired) electrons. The molecule has 0 saturated heterocycles. The Bertz CT molecular complexity index is 765. The summed E-state index contributed by atoms with van der Waals surface area (Å²) in [6.07, 6.45) is 7.69. The van der Waals surface area contributed by atoms with Crippen molar-refractivity contribution in [1.82, 2.24) is 9.62 Å². The average Bonchev–Trinajstić information content (AvgIpc) is 2.63. The van der Waals surface area contributed by atoms with Crippen LogP contribution in [-0.4, -0.2) is 53.9 Å². The minimum atomic E-state index is -4.44. The van der Waals surface area contributed by atoms with Gasteiger partial charge in [0.1, 0.15) is 12.1 Å². The van der Waals surface area contributed by atoms with E-state index in [9.17, 15) is 23.1 Å². The summed E-state index contributed by atoms with van der Waals surface area (Å²) >= 11 is 0. The van der Waals surface area contributed by atoms with Gasteiger partial charge in [0.15, 0.2) is 0 Å². The maximum atomic E-state index is 13.6. The highest BCUT2D eigenvalue weighted by Crippen LogP contribution is 2.55. The average molecular weight is 473 g/mol. The lowest BCUT2D eigenvalue weighted by Crippen LogP contribution is -2.65. The fraction of sp³-hybridized carbons (Fsp3) is 0.909. The smallest absolute Gasteiger partial charge is 0.322 e. The Morgan fingerprint density at radius 3 is 2.00 bits per heavy atom. The third-order valence-electron chi connectivity index (χ3n) is 7.55. The third-order valence-corrected chi connectivity index (χ3v) is 8.65. The van der Waals surface area contributed by atoms with Crippen molar-refractivity contribution < 1.29 is 23.1 Å². The predicted molar refractivity (Wildman–Crippen MR) is 122 cm³/mol. The van der Waals surface area contributed by atoms with Gasteiger partial charge in [0.25, 0.3) is 10.2 Å². The van der Waals surface area contributed by atoms with Crippen LogP contribution < -0.4 is 16.2 Å². The molecule has 4 fully saturated rings. The first-order valence-electron chi connectivity index (χ1n) is 12.0. The molecule has 2 atom stereocenters. The highest BCUT2D eigenvalue weighted by molar-refractivity contribution is 7.86. The van der Waals surface area contributed by atoms with Crippen LogP contribution in [0, 0.1) is 23.7 Å². The van der Waals surface area contributed by atoms with Crippen molar-refractivity contribution in [2.75, 3.05) is 6.54 Å². The fourth-order valence-electron chi connectivity index (χ4n) is 6.79. The van der Waals surface area contributed by atoms with Gasteiger partial charge in [-0.1, -0.05) is 13.8 Å². The van der Waals surface area contributed by atoms with E-state index in [4.69, 9.17) is 10.9 Å². The Hall–Kier alpha value is -1.23. The Morgan fingerprint density at radius 2 is 1.59 bits per heavy atom. The zero-order chi connectivity index (χ0) is 23.7. The maximum absolute atomic E-state index is 13.6. The second kappa shape index (κ2) is 9.95. The lowest BCUT2D eigenvalue weighted by atomic mass is 9.53. The summed E-state index contributed by atoms with van der Waals surface area (Å²) in [5.74, 6) is 0.101. The van der Waals surface area contributed by atoms with E-state index in [2.05, 4.69) is 5.32 Å². The zero-order valence-electron chi connectivity index (χ0n) is 19.3. The van der Waals surface area contributed by atoms with Gasteiger partial charge in [0, 0.05) is 5.54 Å². The number of carbonyl (C=O) groups is 2. The molecule has 0 aromatic rings. The molecule has 6 N–H and O–H groups in total. The molecule has 0 heterocycles. The molecule has 0 aromatic heterocycles. The molecule has 0 aliphatic heterocycles. The Kier molecular flexibility index (Phi) is 7.89. The molecule has 4 bridgehead atoms. The molecular formula is C22H40N4O5S. The summed E-state index contributed by atoms with van der Waals surface area (Å²) in [6.45, 7) is 4.15. The van der Waals surface area contributed by atoms with Gasteiger partial charge in [-0.3, -0.25) is 9.59 Å². The van der Waals surface area contributed by atoms with Gasteiger partial charge in [-0.05, 0) is 94.4 Å². The summed E-state index contributed by atoms with van der Waals surface area (Å²) in [7, 11) is -4.44. The number of hydrogen-bond donors (Lipinski definition) is 4. The lowest BCUT2D eigenvalue weighted by molar-refractivity contribution is -0.144. The van der Waals surface area contributed by atoms with Gasteiger partial charge >= 0.3 is 5.97 Å². The molecule has 4 rings (SSSR count). The fourth-order valence-corrected chi connectivity index (χ4v) is 7.88. The number of nitrogens with two attached hydrogens (primary N) is 2. The van der Waals surface area contributed by atoms with Crippen LogP contribution in [0.1, 0.15) is 78.1 Å². The second-order valence-electron chi connectivity index (χ2n) is 10.8. The van der Waals surface area contributed by atoms with Crippen LogP contribution in [0.15, 0.2) is 0 Å². The monoisotopic (exact) mass is 472 g/mol. The summed E-state index contributed by atoms with van der Waals surface area (Å²) in [5.41, 5.74) is 5.22. The van der Waals surface area contributed by atoms with Gasteiger partial charge in [0.05, 0.1) is 0 Å². The van der Waals surface area contributed by atoms with E-state index in [0.29, 0.717) is 37.1 Å². The van der Waals surface area contributed by atoms with Crippen molar-refractivity contribution in [2.45, 2.75) is 95.7 Å². The normalized spacial score (nSPS) is 31.1. The number of carboxylic acid groups (broad SMARTS) is 1. The number of amides is 1. The van der Waals surface area contributed by atoms with Crippen LogP contribution in [-0.2, 0) is 19.8 Å². The number of hydrogen-bond acceptors (Lipinski definition) is 5. The van der Waals surface area contributed by atoms with E-state index < -0.39 is 34.2 Å². The van der Waals surface area contributed by atoms with Crippen molar-refractivity contribution in [3.05, 3.63) is 0 Å². The van der Waals surface area contributed by atoms with E-state index in [1.54, 1.807) is 0 Å². The first kappa shape index (κ1) is 25.4. The lowest BCUT2D eigenvalue weighted by Gasteiger charge is -2.57. The number of carbonyl (C=O) groups excluding carboxylic acids is 1. The quantitative estimate of drug-likeness (QED) is 0.316. The van der Waals surface area contributed by atoms with Crippen LogP contribution >= 0.6 is 0 Å². The summed E-state index contributed by atoms with van der Waals surface area (Å²) in [5, 5.41) is 18.6. The van der Waals surface area contributed by atoms with Crippen LogP contribution in [0.25, 0.3) is 0 Å². The van der Waals surface area contributed by atoms with Gasteiger partial charge in [-0.15, -0.1) is 0 Å². The van der Waals surface area contributed by atoms with E-state index >= 15 is 0 Å². The Morgan fingerprint density at radius 1 is 1.06 bits per heavy atom. The molecule has 184 valence electrons. The molecule has 32 heavy (non-hydrogen) atoms. The summed E-state index contributed by atoms with van der Waals surface area (Å²) < 4.78 is 26.0. The minimum Gasteiger partial charge on any atom is -0.480 e. The van der Waals surface area contributed by atoms with E-state index in [-0.39, 0.29) is 24.3 Å². The van der Waals surface area contributed by atoms with Gasteiger partial charge < -0.3 is 16.2 Å². The molecule has 1 amide bonds. The Labute approximate surface area is 191 Å². The van der Waals surface area contributed by atoms with E-state index in [1.165, 1.54) is 19.3 Å². The molecule has 4 aliphatic carbocycles. The number of unbranched alkanes of at least 4 members (excludes halogenated alkanes) is 1. The first-order chi connectivity index (χ1) is 14.9. The topological polar surface area (TPSA) is 156 Å². The number of aliphatic carboxylic acids is 1. The minimum absolute atomic E-state index is 0.0233. The van der Waals surface area contributed by atoms with Crippen molar-refractivity contribution in [2.24, 2.45) is 34.5 Å². The van der Waals surface area contributed by atoms with Crippen LogP contribution in [0.2, 0.25) is 0 Å². The Balaban J connectivity index is 1.87. The van der Waals surface area contributed by atoms with Crippen molar-refractivity contribution >= 4 is 22.1 Å². The van der Waals surface area contributed by atoms with Gasteiger partial charge in [-0.2, -0.15) is 12.7 Å². The van der Waals surface area contributed by atoms with E-state index in [0.717, 1.165) is 23.6 Å². The molecule has 10 heteroatoms.